The smallest absolute Gasteiger partial charge is 0.246 e. The average molecular weight is 298 g/mol. The Morgan fingerprint density at radius 2 is 2.00 bits per heavy atom. The minimum Gasteiger partial charge on any atom is -0.379 e. The standard InChI is InChI=1S/C16H30N2O3/c1-6-8-13-14(19)18(9-10-21-11-12(3)4)16(5,7-2)15(20)17-13/h12-13H,6-11H2,1-5H3,(H,17,20). The Morgan fingerprint density at radius 1 is 1.33 bits per heavy atom. The third-order valence-electron chi connectivity index (χ3n) is 4.13. The summed E-state index contributed by atoms with van der Waals surface area (Å²) < 4.78 is 5.59. The molecule has 0 spiro atoms. The highest BCUT2D eigenvalue weighted by atomic mass is 16.5. The van der Waals surface area contributed by atoms with Crippen molar-refractivity contribution in [2.75, 3.05) is 19.8 Å². The molecule has 0 radical (unpaired) electrons. The lowest BCUT2D eigenvalue weighted by molar-refractivity contribution is -0.158. The summed E-state index contributed by atoms with van der Waals surface area (Å²) in [6, 6.07) is -0.382. The van der Waals surface area contributed by atoms with Crippen molar-refractivity contribution in [2.45, 2.75) is 65.5 Å². The molecular weight excluding hydrogens is 268 g/mol. The summed E-state index contributed by atoms with van der Waals surface area (Å²) >= 11 is 0. The third-order valence-corrected chi connectivity index (χ3v) is 4.13. The molecule has 1 N–H and O–H groups in total. The van der Waals surface area contributed by atoms with E-state index in [1.54, 1.807) is 4.90 Å². The molecule has 5 nitrogen and oxygen atoms in total. The predicted octanol–water partition coefficient (Wildman–Crippen LogP) is 1.95. The Morgan fingerprint density at radius 3 is 2.52 bits per heavy atom. The molecule has 5 heteroatoms. The summed E-state index contributed by atoms with van der Waals surface area (Å²) in [5, 5.41) is 2.88. The molecule has 2 amide bonds. The monoisotopic (exact) mass is 298 g/mol. The van der Waals surface area contributed by atoms with Crippen LogP contribution in [-0.2, 0) is 14.3 Å². The fourth-order valence-electron chi connectivity index (χ4n) is 2.60. The van der Waals surface area contributed by atoms with Gasteiger partial charge in [-0.1, -0.05) is 34.1 Å². The van der Waals surface area contributed by atoms with E-state index in [1.807, 2.05) is 20.8 Å². The van der Waals surface area contributed by atoms with Crippen LogP contribution in [0.25, 0.3) is 0 Å². The number of carbonyl (C=O) groups is 2. The highest BCUT2D eigenvalue weighted by Crippen LogP contribution is 2.26. The zero-order valence-corrected chi connectivity index (χ0v) is 14.1. The van der Waals surface area contributed by atoms with Crippen LogP contribution in [0, 0.1) is 5.92 Å². The number of nitrogens with one attached hydrogen (secondary N) is 1. The van der Waals surface area contributed by atoms with Gasteiger partial charge in [-0.05, 0) is 25.7 Å². The van der Waals surface area contributed by atoms with E-state index in [9.17, 15) is 9.59 Å². The normalized spacial score (nSPS) is 26.4. The highest BCUT2D eigenvalue weighted by molar-refractivity contribution is 5.99. The van der Waals surface area contributed by atoms with Crippen LogP contribution < -0.4 is 5.32 Å². The summed E-state index contributed by atoms with van der Waals surface area (Å²) in [4.78, 5) is 26.7. The van der Waals surface area contributed by atoms with Crippen LogP contribution in [0.2, 0.25) is 0 Å². The number of hydrogen-bond donors (Lipinski definition) is 1. The maximum Gasteiger partial charge on any atom is 0.246 e. The van der Waals surface area contributed by atoms with Crippen LogP contribution in [0.3, 0.4) is 0 Å². The van der Waals surface area contributed by atoms with Crippen LogP contribution in [0.15, 0.2) is 0 Å². The molecule has 1 aliphatic rings. The molecular formula is C16H30N2O3. The molecule has 122 valence electrons. The first-order valence-electron chi connectivity index (χ1n) is 8.07. The van der Waals surface area contributed by atoms with Gasteiger partial charge < -0.3 is 15.0 Å². The van der Waals surface area contributed by atoms with E-state index in [0.717, 1.165) is 6.42 Å². The number of hydrogen-bond acceptors (Lipinski definition) is 3. The van der Waals surface area contributed by atoms with Crippen molar-refractivity contribution in [1.82, 2.24) is 10.2 Å². The second kappa shape index (κ2) is 7.78. The summed E-state index contributed by atoms with van der Waals surface area (Å²) in [7, 11) is 0. The number of nitrogens with zero attached hydrogens (tertiary/aromatic N) is 1. The average Bonchev–Trinajstić information content (AvgIpc) is 2.43. The highest BCUT2D eigenvalue weighted by Gasteiger charge is 2.47. The lowest BCUT2D eigenvalue weighted by Crippen LogP contribution is -2.69. The summed E-state index contributed by atoms with van der Waals surface area (Å²) in [6.45, 7) is 11.6. The fraction of sp³-hybridized carbons (Fsp3) is 0.875. The van der Waals surface area contributed by atoms with Crippen LogP contribution in [0.5, 0.6) is 0 Å². The van der Waals surface area contributed by atoms with Gasteiger partial charge in [0.05, 0.1) is 6.61 Å². The van der Waals surface area contributed by atoms with Crippen molar-refractivity contribution in [3.8, 4) is 0 Å². The van der Waals surface area contributed by atoms with Gasteiger partial charge in [0, 0.05) is 13.2 Å². The second-order valence-corrected chi connectivity index (χ2v) is 6.40. The Kier molecular flexibility index (Phi) is 6.65. The van der Waals surface area contributed by atoms with E-state index in [4.69, 9.17) is 4.74 Å². The molecule has 2 atom stereocenters. The fourth-order valence-corrected chi connectivity index (χ4v) is 2.60. The minimum absolute atomic E-state index is 0.0222. The van der Waals surface area contributed by atoms with Gasteiger partial charge in [0.25, 0.3) is 0 Å². The molecule has 0 bridgehead atoms. The van der Waals surface area contributed by atoms with Crippen LogP contribution in [0.4, 0.5) is 0 Å². The predicted molar refractivity (Wildman–Crippen MR) is 82.9 cm³/mol. The van der Waals surface area contributed by atoms with E-state index in [2.05, 4.69) is 19.2 Å². The Hall–Kier alpha value is -1.10. The van der Waals surface area contributed by atoms with Gasteiger partial charge in [-0.25, -0.2) is 0 Å². The van der Waals surface area contributed by atoms with Gasteiger partial charge >= 0.3 is 0 Å². The summed E-state index contributed by atoms with van der Waals surface area (Å²) in [5.74, 6) is 0.441. The molecule has 2 unspecified atom stereocenters. The number of amides is 2. The quantitative estimate of drug-likeness (QED) is 0.697. The lowest BCUT2D eigenvalue weighted by atomic mass is 9.89. The van der Waals surface area contributed by atoms with Gasteiger partial charge in [0.2, 0.25) is 11.8 Å². The molecule has 1 aliphatic heterocycles. The van der Waals surface area contributed by atoms with Crippen molar-refractivity contribution < 1.29 is 14.3 Å². The van der Waals surface area contributed by atoms with Crippen LogP contribution in [-0.4, -0.2) is 48.1 Å². The zero-order chi connectivity index (χ0) is 16.0. The van der Waals surface area contributed by atoms with Crippen molar-refractivity contribution in [3.63, 3.8) is 0 Å². The number of ether oxygens (including phenoxy) is 1. The Bertz CT molecular complexity index is 371. The van der Waals surface area contributed by atoms with E-state index < -0.39 is 5.54 Å². The first-order valence-corrected chi connectivity index (χ1v) is 8.07. The topological polar surface area (TPSA) is 58.6 Å². The number of piperazine rings is 1. The first kappa shape index (κ1) is 18.0. The largest absolute Gasteiger partial charge is 0.379 e. The van der Waals surface area contributed by atoms with Crippen LogP contribution >= 0.6 is 0 Å². The van der Waals surface area contributed by atoms with Gasteiger partial charge in [0.15, 0.2) is 0 Å². The molecule has 21 heavy (non-hydrogen) atoms. The maximum absolute atomic E-state index is 12.6. The van der Waals surface area contributed by atoms with Gasteiger partial charge in [-0.3, -0.25) is 9.59 Å². The van der Waals surface area contributed by atoms with Crippen molar-refractivity contribution in [2.24, 2.45) is 5.92 Å². The van der Waals surface area contributed by atoms with Gasteiger partial charge in [0.1, 0.15) is 11.6 Å². The van der Waals surface area contributed by atoms with Crippen molar-refractivity contribution >= 4 is 11.8 Å². The molecule has 0 aromatic carbocycles. The van der Waals surface area contributed by atoms with Crippen molar-refractivity contribution in [1.29, 1.82) is 0 Å². The van der Waals surface area contributed by atoms with Crippen molar-refractivity contribution in [3.05, 3.63) is 0 Å². The first-order chi connectivity index (χ1) is 9.86. The zero-order valence-electron chi connectivity index (χ0n) is 14.1. The maximum atomic E-state index is 12.6. The lowest BCUT2D eigenvalue weighted by Gasteiger charge is -2.46. The summed E-state index contributed by atoms with van der Waals surface area (Å²) in [5.41, 5.74) is -0.761. The van der Waals surface area contributed by atoms with Gasteiger partial charge in [-0.15, -0.1) is 0 Å². The molecule has 0 aliphatic carbocycles. The number of rotatable bonds is 8. The minimum atomic E-state index is -0.761. The molecule has 1 rings (SSSR count). The van der Waals surface area contributed by atoms with Gasteiger partial charge in [-0.2, -0.15) is 0 Å². The van der Waals surface area contributed by atoms with Crippen LogP contribution in [0.1, 0.15) is 53.9 Å². The van der Waals surface area contributed by atoms with E-state index in [-0.39, 0.29) is 17.9 Å². The molecule has 1 heterocycles. The molecule has 0 saturated carbocycles. The second-order valence-electron chi connectivity index (χ2n) is 6.40. The molecule has 0 aromatic heterocycles. The Balaban J connectivity index is 2.76. The molecule has 0 aromatic rings. The molecule has 1 saturated heterocycles. The van der Waals surface area contributed by atoms with E-state index >= 15 is 0 Å². The third kappa shape index (κ3) is 4.19. The summed E-state index contributed by atoms with van der Waals surface area (Å²) in [6.07, 6.45) is 2.17. The van der Waals surface area contributed by atoms with E-state index in [1.165, 1.54) is 0 Å². The van der Waals surface area contributed by atoms with E-state index in [0.29, 0.717) is 38.5 Å². The number of carbonyl (C=O) groups excluding carboxylic acids is 2. The SMILES string of the molecule is CCCC1NC(=O)C(C)(CC)N(CCOCC(C)C)C1=O. The Labute approximate surface area is 128 Å². The molecule has 1 fully saturated rings.